The first-order chi connectivity index (χ1) is 9.36. The number of nitrogens with one attached hydrogen (secondary N) is 1. The van der Waals surface area contributed by atoms with Gasteiger partial charge in [-0.05, 0) is 58.8 Å². The highest BCUT2D eigenvalue weighted by Crippen LogP contribution is 2.33. The van der Waals surface area contributed by atoms with Crippen LogP contribution < -0.4 is 5.32 Å². The smallest absolute Gasteiger partial charge is 0.134 e. The summed E-state index contributed by atoms with van der Waals surface area (Å²) in [5.74, 6) is 0.947. The van der Waals surface area contributed by atoms with E-state index in [1.807, 2.05) is 18.2 Å². The van der Waals surface area contributed by atoms with E-state index in [4.69, 9.17) is 16.0 Å². The van der Waals surface area contributed by atoms with Crippen molar-refractivity contribution in [1.82, 2.24) is 10.2 Å². The molecule has 1 N–H and O–H groups in total. The molecule has 0 saturated heterocycles. The van der Waals surface area contributed by atoms with Gasteiger partial charge in [0.25, 0.3) is 0 Å². The predicted octanol–water partition coefficient (Wildman–Crippen LogP) is 4.08. The van der Waals surface area contributed by atoms with Crippen molar-refractivity contribution in [3.63, 3.8) is 0 Å². The van der Waals surface area contributed by atoms with E-state index in [1.54, 1.807) is 0 Å². The van der Waals surface area contributed by atoms with Crippen molar-refractivity contribution in [2.75, 3.05) is 20.6 Å². The molecule has 1 aromatic heterocycles. The number of fused-ring (bicyclic) bond motifs is 1. The molecule has 0 aliphatic rings. The fourth-order valence-corrected chi connectivity index (χ4v) is 2.52. The van der Waals surface area contributed by atoms with Crippen molar-refractivity contribution in [2.24, 2.45) is 0 Å². The fraction of sp³-hybridized carbons (Fsp3) is 0.500. The lowest BCUT2D eigenvalue weighted by atomic mass is 9.91. The summed E-state index contributed by atoms with van der Waals surface area (Å²) in [5.41, 5.74) is 0.815. The molecule has 0 aliphatic carbocycles. The highest BCUT2D eigenvalue weighted by Gasteiger charge is 2.34. The van der Waals surface area contributed by atoms with Crippen LogP contribution in [-0.4, -0.2) is 31.1 Å². The first-order valence-corrected chi connectivity index (χ1v) is 7.34. The van der Waals surface area contributed by atoms with Gasteiger partial charge in [-0.25, -0.2) is 0 Å². The fourth-order valence-electron chi connectivity index (χ4n) is 2.34. The Bertz CT molecular complexity index is 589. The molecule has 1 aromatic carbocycles. The van der Waals surface area contributed by atoms with Gasteiger partial charge in [-0.2, -0.15) is 0 Å². The van der Waals surface area contributed by atoms with E-state index in [-0.39, 0.29) is 11.6 Å². The summed E-state index contributed by atoms with van der Waals surface area (Å²) in [5, 5.41) is 5.31. The highest BCUT2D eigenvalue weighted by molar-refractivity contribution is 6.31. The lowest BCUT2D eigenvalue weighted by Gasteiger charge is -2.39. The summed E-state index contributed by atoms with van der Waals surface area (Å²) in [6.07, 6.45) is 0. The zero-order valence-corrected chi connectivity index (χ0v) is 13.6. The van der Waals surface area contributed by atoms with Crippen molar-refractivity contribution in [3.05, 3.63) is 35.0 Å². The van der Waals surface area contributed by atoms with Gasteiger partial charge in [0, 0.05) is 15.9 Å². The summed E-state index contributed by atoms with van der Waals surface area (Å²) < 4.78 is 6.03. The number of rotatable bonds is 5. The number of furan rings is 1. The van der Waals surface area contributed by atoms with E-state index < -0.39 is 0 Å². The molecular formula is C16H23ClN2O. The van der Waals surface area contributed by atoms with Crippen molar-refractivity contribution < 1.29 is 4.42 Å². The summed E-state index contributed by atoms with van der Waals surface area (Å²) in [4.78, 5) is 2.21. The third-order valence-electron chi connectivity index (χ3n) is 4.05. The van der Waals surface area contributed by atoms with Crippen LogP contribution in [-0.2, 0) is 0 Å². The Morgan fingerprint density at radius 1 is 1.30 bits per heavy atom. The molecule has 2 rings (SSSR count). The molecule has 1 heterocycles. The van der Waals surface area contributed by atoms with Gasteiger partial charge in [-0.15, -0.1) is 0 Å². The largest absolute Gasteiger partial charge is 0.459 e. The van der Waals surface area contributed by atoms with Crippen LogP contribution in [0.4, 0.5) is 0 Å². The second-order valence-electron chi connectivity index (χ2n) is 5.87. The molecule has 3 nitrogen and oxygen atoms in total. The van der Waals surface area contributed by atoms with Crippen LogP contribution in [0.15, 0.2) is 28.7 Å². The number of hydrogen-bond donors (Lipinski definition) is 1. The van der Waals surface area contributed by atoms with Crippen LogP contribution in [0.2, 0.25) is 5.02 Å². The van der Waals surface area contributed by atoms with E-state index in [0.29, 0.717) is 0 Å². The zero-order chi connectivity index (χ0) is 14.9. The third-order valence-corrected chi connectivity index (χ3v) is 4.28. The molecule has 0 bridgehead atoms. The second kappa shape index (κ2) is 5.76. The SMILES string of the molecule is CCNC(c1cc2cc(Cl)ccc2o1)C(C)(C)N(C)C. The van der Waals surface area contributed by atoms with Gasteiger partial charge in [-0.3, -0.25) is 0 Å². The minimum absolute atomic E-state index is 0.0618. The standard InChI is InChI=1S/C16H23ClN2O/c1-6-18-15(16(2,3)19(4)5)14-10-11-9-12(17)7-8-13(11)20-14/h7-10,15,18H,6H2,1-5H3. The normalized spacial score (nSPS) is 14.2. The molecule has 0 amide bonds. The summed E-state index contributed by atoms with van der Waals surface area (Å²) in [6, 6.07) is 7.92. The van der Waals surface area contributed by atoms with Crippen LogP contribution in [0.3, 0.4) is 0 Å². The van der Waals surface area contributed by atoms with Crippen LogP contribution in [0.1, 0.15) is 32.6 Å². The molecule has 0 saturated carbocycles. The minimum atomic E-state index is -0.0618. The Kier molecular flexibility index (Phi) is 4.43. The van der Waals surface area contributed by atoms with Gasteiger partial charge in [0.05, 0.1) is 6.04 Å². The Labute approximate surface area is 125 Å². The lowest BCUT2D eigenvalue weighted by molar-refractivity contribution is 0.127. The maximum atomic E-state index is 6.04. The van der Waals surface area contributed by atoms with Gasteiger partial charge in [-0.1, -0.05) is 18.5 Å². The topological polar surface area (TPSA) is 28.4 Å². The van der Waals surface area contributed by atoms with Crippen LogP contribution in [0.25, 0.3) is 11.0 Å². The van der Waals surface area contributed by atoms with Gasteiger partial charge in [0.2, 0.25) is 0 Å². The average molecular weight is 295 g/mol. The van der Waals surface area contributed by atoms with E-state index in [2.05, 4.69) is 51.1 Å². The Balaban J connectivity index is 2.46. The van der Waals surface area contributed by atoms with E-state index >= 15 is 0 Å². The minimum Gasteiger partial charge on any atom is -0.459 e. The number of halogens is 1. The first kappa shape index (κ1) is 15.4. The Morgan fingerprint density at radius 3 is 2.60 bits per heavy atom. The van der Waals surface area contributed by atoms with Crippen molar-refractivity contribution in [1.29, 1.82) is 0 Å². The number of nitrogens with zero attached hydrogens (tertiary/aromatic N) is 1. The molecule has 0 fully saturated rings. The Hall–Kier alpha value is -1.03. The van der Waals surface area contributed by atoms with Crippen molar-refractivity contribution in [2.45, 2.75) is 32.4 Å². The predicted molar refractivity (Wildman–Crippen MR) is 85.4 cm³/mol. The first-order valence-electron chi connectivity index (χ1n) is 6.96. The molecule has 1 unspecified atom stereocenters. The second-order valence-corrected chi connectivity index (χ2v) is 6.31. The molecule has 0 spiro atoms. The maximum Gasteiger partial charge on any atom is 0.134 e. The molecule has 0 radical (unpaired) electrons. The van der Waals surface area contributed by atoms with Crippen LogP contribution >= 0.6 is 11.6 Å². The maximum absolute atomic E-state index is 6.04. The Morgan fingerprint density at radius 2 is 2.00 bits per heavy atom. The van der Waals surface area contributed by atoms with E-state index in [1.165, 1.54) is 0 Å². The highest BCUT2D eigenvalue weighted by atomic mass is 35.5. The zero-order valence-electron chi connectivity index (χ0n) is 12.8. The molecule has 1 atom stereocenters. The molecule has 20 heavy (non-hydrogen) atoms. The van der Waals surface area contributed by atoms with Gasteiger partial charge >= 0.3 is 0 Å². The van der Waals surface area contributed by atoms with E-state index in [0.717, 1.165) is 28.3 Å². The van der Waals surface area contributed by atoms with Crippen LogP contribution in [0.5, 0.6) is 0 Å². The van der Waals surface area contributed by atoms with E-state index in [9.17, 15) is 0 Å². The number of benzene rings is 1. The monoisotopic (exact) mass is 294 g/mol. The lowest BCUT2D eigenvalue weighted by Crippen LogP contribution is -2.49. The third kappa shape index (κ3) is 2.85. The molecule has 110 valence electrons. The molecule has 4 heteroatoms. The quantitative estimate of drug-likeness (QED) is 0.901. The molecule has 0 aliphatic heterocycles. The molecular weight excluding hydrogens is 272 g/mol. The van der Waals surface area contributed by atoms with Crippen molar-refractivity contribution >= 4 is 22.6 Å². The average Bonchev–Trinajstić information content (AvgIpc) is 2.77. The van der Waals surface area contributed by atoms with Gasteiger partial charge in [0.1, 0.15) is 11.3 Å². The van der Waals surface area contributed by atoms with Gasteiger partial charge in [0.15, 0.2) is 0 Å². The van der Waals surface area contributed by atoms with Gasteiger partial charge < -0.3 is 14.6 Å². The summed E-state index contributed by atoms with van der Waals surface area (Å²) in [6.45, 7) is 7.42. The number of likely N-dealkylation sites (N-methyl/N-ethyl adjacent to an activating group) is 2. The molecule has 2 aromatic rings. The van der Waals surface area contributed by atoms with Crippen molar-refractivity contribution in [3.8, 4) is 0 Å². The number of hydrogen-bond acceptors (Lipinski definition) is 3. The summed E-state index contributed by atoms with van der Waals surface area (Å²) >= 11 is 6.04. The summed E-state index contributed by atoms with van der Waals surface area (Å²) in [7, 11) is 4.17. The van der Waals surface area contributed by atoms with Crippen LogP contribution in [0, 0.1) is 0 Å².